The molecule has 6 nitrogen and oxygen atoms in total. The summed E-state index contributed by atoms with van der Waals surface area (Å²) < 4.78 is 13.7. The first-order chi connectivity index (χ1) is 11.6. The fourth-order valence-electron chi connectivity index (χ4n) is 2.89. The minimum Gasteiger partial charge on any atom is -0.343 e. The van der Waals surface area contributed by atoms with Crippen molar-refractivity contribution in [1.29, 1.82) is 5.26 Å². The van der Waals surface area contributed by atoms with E-state index in [4.69, 9.17) is 5.26 Å². The molecule has 24 heavy (non-hydrogen) atoms. The van der Waals surface area contributed by atoms with Gasteiger partial charge in [-0.25, -0.2) is 4.39 Å². The minimum absolute atomic E-state index is 0.112. The standard InChI is InChI=1S/C17H15FN4O2/c18-14-5-1-4-12-13(6-7-20-16(12)14)17(24)21-10-15(23)22-8-2-3-11(22)9-19/h1,4-7,11H,2-3,8,10H2,(H,21,24)/t11-/m0/s1. The largest absolute Gasteiger partial charge is 0.343 e. The quantitative estimate of drug-likeness (QED) is 0.928. The lowest BCUT2D eigenvalue weighted by Crippen LogP contribution is -2.42. The van der Waals surface area contributed by atoms with E-state index in [1.807, 2.05) is 0 Å². The van der Waals surface area contributed by atoms with Crippen LogP contribution in [0.15, 0.2) is 30.5 Å². The van der Waals surface area contributed by atoms with Gasteiger partial charge in [-0.15, -0.1) is 0 Å². The topological polar surface area (TPSA) is 86.1 Å². The van der Waals surface area contributed by atoms with E-state index < -0.39 is 17.8 Å². The molecule has 1 aliphatic rings. The second-order valence-corrected chi connectivity index (χ2v) is 5.55. The van der Waals surface area contributed by atoms with Gasteiger partial charge in [-0.05, 0) is 25.0 Å². The molecule has 0 radical (unpaired) electrons. The first-order valence-electron chi connectivity index (χ1n) is 7.62. The number of pyridine rings is 1. The molecule has 0 aliphatic carbocycles. The first-order valence-corrected chi connectivity index (χ1v) is 7.62. The summed E-state index contributed by atoms with van der Waals surface area (Å²) in [6, 6.07) is 7.53. The summed E-state index contributed by atoms with van der Waals surface area (Å²) in [6.07, 6.45) is 2.80. The molecule has 2 amide bonds. The highest BCUT2D eigenvalue weighted by molar-refractivity contribution is 6.06. The Morgan fingerprint density at radius 1 is 1.42 bits per heavy atom. The zero-order valence-electron chi connectivity index (χ0n) is 12.8. The van der Waals surface area contributed by atoms with E-state index in [9.17, 15) is 14.0 Å². The van der Waals surface area contributed by atoms with E-state index in [-0.39, 0.29) is 23.5 Å². The van der Waals surface area contributed by atoms with E-state index in [1.54, 1.807) is 6.07 Å². The second kappa shape index (κ2) is 6.62. The van der Waals surface area contributed by atoms with Gasteiger partial charge in [0.25, 0.3) is 5.91 Å². The lowest BCUT2D eigenvalue weighted by molar-refractivity contribution is -0.130. The van der Waals surface area contributed by atoms with Crippen LogP contribution in [0.1, 0.15) is 23.2 Å². The lowest BCUT2D eigenvalue weighted by atomic mass is 10.1. The molecule has 122 valence electrons. The highest BCUT2D eigenvalue weighted by Crippen LogP contribution is 2.19. The molecule has 1 aliphatic heterocycles. The maximum atomic E-state index is 13.7. The van der Waals surface area contributed by atoms with Gasteiger partial charge in [0.2, 0.25) is 5.91 Å². The number of benzene rings is 1. The average Bonchev–Trinajstić information content (AvgIpc) is 3.08. The number of aromatic nitrogens is 1. The summed E-state index contributed by atoms with van der Waals surface area (Å²) in [7, 11) is 0. The van der Waals surface area contributed by atoms with Crippen molar-refractivity contribution in [2.24, 2.45) is 0 Å². The molecule has 1 aromatic heterocycles. The van der Waals surface area contributed by atoms with Crippen molar-refractivity contribution < 1.29 is 14.0 Å². The van der Waals surface area contributed by atoms with E-state index in [2.05, 4.69) is 16.4 Å². The van der Waals surface area contributed by atoms with Crippen molar-refractivity contribution in [1.82, 2.24) is 15.2 Å². The SMILES string of the molecule is N#C[C@@H]1CCCN1C(=O)CNC(=O)c1ccnc2c(F)cccc12. The normalized spacial score (nSPS) is 16.8. The van der Waals surface area contributed by atoms with Gasteiger partial charge in [0.05, 0.1) is 18.2 Å². The van der Waals surface area contributed by atoms with Crippen LogP contribution in [0.5, 0.6) is 0 Å². The molecule has 3 rings (SSSR count). The van der Waals surface area contributed by atoms with Gasteiger partial charge in [-0.2, -0.15) is 5.26 Å². The average molecular weight is 326 g/mol. The Morgan fingerprint density at radius 3 is 3.04 bits per heavy atom. The Balaban J connectivity index is 1.73. The number of nitrogens with zero attached hydrogens (tertiary/aromatic N) is 3. The molecule has 1 aromatic carbocycles. The zero-order valence-corrected chi connectivity index (χ0v) is 12.8. The van der Waals surface area contributed by atoms with Crippen LogP contribution in [0.3, 0.4) is 0 Å². The van der Waals surface area contributed by atoms with Gasteiger partial charge in [-0.3, -0.25) is 14.6 Å². The molecular weight excluding hydrogens is 311 g/mol. The number of rotatable bonds is 3. The molecule has 1 N–H and O–H groups in total. The van der Waals surface area contributed by atoms with E-state index in [1.165, 1.54) is 29.3 Å². The van der Waals surface area contributed by atoms with Crippen LogP contribution in [0.4, 0.5) is 4.39 Å². The molecule has 1 saturated heterocycles. The molecule has 0 saturated carbocycles. The van der Waals surface area contributed by atoms with Crippen molar-refractivity contribution in [2.75, 3.05) is 13.1 Å². The van der Waals surface area contributed by atoms with E-state index >= 15 is 0 Å². The van der Waals surface area contributed by atoms with Crippen molar-refractivity contribution in [2.45, 2.75) is 18.9 Å². The summed E-state index contributed by atoms with van der Waals surface area (Å²) >= 11 is 0. The molecule has 1 fully saturated rings. The number of nitrogens with one attached hydrogen (secondary N) is 1. The zero-order chi connectivity index (χ0) is 17.1. The number of carbonyl (C=O) groups is 2. The maximum Gasteiger partial charge on any atom is 0.252 e. The van der Waals surface area contributed by atoms with Crippen LogP contribution in [0.25, 0.3) is 10.9 Å². The van der Waals surface area contributed by atoms with E-state index in [0.717, 1.165) is 6.42 Å². The minimum atomic E-state index is -0.507. The Bertz CT molecular complexity index is 846. The summed E-state index contributed by atoms with van der Waals surface area (Å²) in [6.45, 7) is 0.326. The Hall–Kier alpha value is -3.01. The number of fused-ring (bicyclic) bond motifs is 1. The molecule has 2 heterocycles. The maximum absolute atomic E-state index is 13.7. The van der Waals surface area contributed by atoms with Gasteiger partial charge in [0.15, 0.2) is 0 Å². The molecule has 7 heteroatoms. The van der Waals surface area contributed by atoms with Crippen LogP contribution >= 0.6 is 0 Å². The molecule has 0 spiro atoms. The Kier molecular flexibility index (Phi) is 4.38. The predicted molar refractivity (Wildman–Crippen MR) is 84.4 cm³/mol. The lowest BCUT2D eigenvalue weighted by Gasteiger charge is -2.19. The fourth-order valence-corrected chi connectivity index (χ4v) is 2.89. The van der Waals surface area contributed by atoms with Gasteiger partial charge in [0.1, 0.15) is 17.4 Å². The van der Waals surface area contributed by atoms with Crippen LogP contribution in [0, 0.1) is 17.1 Å². The third kappa shape index (κ3) is 2.91. The number of hydrogen-bond acceptors (Lipinski definition) is 4. The molecular formula is C17H15FN4O2. The van der Waals surface area contributed by atoms with E-state index in [0.29, 0.717) is 18.4 Å². The Labute approximate surface area is 137 Å². The first kappa shape index (κ1) is 15.9. The number of likely N-dealkylation sites (tertiary alicyclic amines) is 1. The third-order valence-electron chi connectivity index (χ3n) is 4.09. The summed E-state index contributed by atoms with van der Waals surface area (Å²) in [4.78, 5) is 29.9. The molecule has 1 atom stereocenters. The predicted octanol–water partition coefficient (Wildman–Crippen LogP) is 1.62. The number of amides is 2. The van der Waals surface area contributed by atoms with Crippen LogP contribution < -0.4 is 5.32 Å². The number of nitriles is 1. The number of hydrogen-bond donors (Lipinski definition) is 1. The van der Waals surface area contributed by atoms with Crippen LogP contribution in [-0.2, 0) is 4.79 Å². The summed E-state index contributed by atoms with van der Waals surface area (Å²) in [5.74, 6) is -1.28. The number of carbonyl (C=O) groups excluding carboxylic acids is 2. The van der Waals surface area contributed by atoms with Gasteiger partial charge >= 0.3 is 0 Å². The van der Waals surface area contributed by atoms with Gasteiger partial charge in [0, 0.05) is 18.1 Å². The molecule has 0 bridgehead atoms. The van der Waals surface area contributed by atoms with Crippen LogP contribution in [0.2, 0.25) is 0 Å². The Morgan fingerprint density at radius 2 is 2.25 bits per heavy atom. The van der Waals surface area contributed by atoms with Crippen molar-refractivity contribution in [3.8, 4) is 6.07 Å². The van der Waals surface area contributed by atoms with Crippen molar-refractivity contribution >= 4 is 22.7 Å². The summed E-state index contributed by atoms with van der Waals surface area (Å²) in [5.41, 5.74) is 0.367. The highest BCUT2D eigenvalue weighted by Gasteiger charge is 2.28. The number of halogens is 1. The molecule has 0 unspecified atom stereocenters. The molecule has 2 aromatic rings. The second-order valence-electron chi connectivity index (χ2n) is 5.55. The van der Waals surface area contributed by atoms with Gasteiger partial charge in [-0.1, -0.05) is 12.1 Å². The van der Waals surface area contributed by atoms with Crippen molar-refractivity contribution in [3.63, 3.8) is 0 Å². The highest BCUT2D eigenvalue weighted by atomic mass is 19.1. The third-order valence-corrected chi connectivity index (χ3v) is 4.09. The van der Waals surface area contributed by atoms with Crippen LogP contribution in [-0.4, -0.2) is 40.8 Å². The summed E-state index contributed by atoms with van der Waals surface area (Å²) in [5, 5.41) is 11.9. The van der Waals surface area contributed by atoms with Gasteiger partial charge < -0.3 is 10.2 Å². The smallest absolute Gasteiger partial charge is 0.252 e. The fraction of sp³-hybridized carbons (Fsp3) is 0.294. The number of para-hydroxylation sites is 1. The monoisotopic (exact) mass is 326 g/mol. The van der Waals surface area contributed by atoms with Crippen molar-refractivity contribution in [3.05, 3.63) is 41.8 Å².